The first-order chi connectivity index (χ1) is 13.9. The number of aryl methyl sites for hydroxylation is 1. The second-order valence-corrected chi connectivity index (χ2v) is 10.7. The van der Waals surface area contributed by atoms with Crippen LogP contribution >= 0.6 is 11.8 Å². The number of hydrogen-bond donors (Lipinski definition) is 0. The molecule has 4 rings (SSSR count). The quantitative estimate of drug-likeness (QED) is 0.726. The molecule has 2 aromatic carbocycles. The lowest BCUT2D eigenvalue weighted by molar-refractivity contribution is -0.119. The average molecular weight is 431 g/mol. The molecule has 6 nitrogen and oxygen atoms in total. The van der Waals surface area contributed by atoms with E-state index >= 15 is 0 Å². The van der Waals surface area contributed by atoms with Crippen LogP contribution in [0.5, 0.6) is 5.75 Å². The van der Waals surface area contributed by atoms with E-state index < -0.39 is 9.84 Å². The van der Waals surface area contributed by atoms with Crippen LogP contribution in [0.2, 0.25) is 0 Å². The standard InChI is InChI=1S/C21H22N2O4S2/c1-15-7-9-16(10-8-15)11-23-18-13-29(25,26)14-19(18)28-21(23)22-20(24)12-27-17-5-3-2-4-6-17/h2-10,18-19H,11-14H2,1H3/t18-,19+/m0/s1. The molecule has 2 heterocycles. The maximum atomic E-state index is 12.4. The molecule has 0 aliphatic carbocycles. The molecular weight excluding hydrogens is 408 g/mol. The van der Waals surface area contributed by atoms with Crippen molar-refractivity contribution < 1.29 is 17.9 Å². The van der Waals surface area contributed by atoms with Gasteiger partial charge in [-0.15, -0.1) is 0 Å². The lowest BCUT2D eigenvalue weighted by atomic mass is 10.1. The monoisotopic (exact) mass is 430 g/mol. The van der Waals surface area contributed by atoms with Crippen LogP contribution in [-0.4, -0.2) is 53.8 Å². The summed E-state index contributed by atoms with van der Waals surface area (Å²) < 4.78 is 29.7. The van der Waals surface area contributed by atoms with E-state index in [4.69, 9.17) is 4.74 Å². The molecule has 2 aliphatic rings. The number of amidine groups is 1. The highest BCUT2D eigenvalue weighted by molar-refractivity contribution is 8.15. The Kier molecular flexibility index (Phi) is 5.65. The molecule has 0 radical (unpaired) electrons. The fourth-order valence-electron chi connectivity index (χ4n) is 3.51. The number of sulfone groups is 1. The molecule has 2 aromatic rings. The van der Waals surface area contributed by atoms with Crippen LogP contribution in [0.3, 0.4) is 0 Å². The van der Waals surface area contributed by atoms with Gasteiger partial charge in [-0.2, -0.15) is 4.99 Å². The number of aliphatic imine (C=N–C) groups is 1. The van der Waals surface area contributed by atoms with Crippen molar-refractivity contribution in [1.82, 2.24) is 4.90 Å². The Bertz CT molecular complexity index is 1020. The summed E-state index contributed by atoms with van der Waals surface area (Å²) in [5.74, 6) is 0.456. The molecule has 29 heavy (non-hydrogen) atoms. The van der Waals surface area contributed by atoms with Crippen LogP contribution in [-0.2, 0) is 21.2 Å². The Hall–Kier alpha value is -2.32. The number of para-hydroxylation sites is 1. The number of benzene rings is 2. The first-order valence-corrected chi connectivity index (χ1v) is 12.1. The lowest BCUT2D eigenvalue weighted by Crippen LogP contribution is -2.37. The van der Waals surface area contributed by atoms with Crippen molar-refractivity contribution in [2.75, 3.05) is 18.1 Å². The minimum atomic E-state index is -3.06. The van der Waals surface area contributed by atoms with Crippen molar-refractivity contribution in [2.45, 2.75) is 24.8 Å². The van der Waals surface area contributed by atoms with Gasteiger partial charge < -0.3 is 9.64 Å². The highest BCUT2D eigenvalue weighted by Crippen LogP contribution is 2.39. The van der Waals surface area contributed by atoms with E-state index in [9.17, 15) is 13.2 Å². The third kappa shape index (κ3) is 4.82. The fraction of sp³-hybridized carbons (Fsp3) is 0.333. The van der Waals surface area contributed by atoms with Crippen molar-refractivity contribution in [3.63, 3.8) is 0 Å². The zero-order chi connectivity index (χ0) is 20.4. The van der Waals surface area contributed by atoms with Crippen molar-refractivity contribution in [3.05, 3.63) is 65.7 Å². The molecule has 0 bridgehead atoms. The van der Waals surface area contributed by atoms with Gasteiger partial charge in [0.25, 0.3) is 5.91 Å². The number of fused-ring (bicyclic) bond motifs is 1. The number of rotatable bonds is 5. The molecule has 8 heteroatoms. The van der Waals surface area contributed by atoms with Crippen molar-refractivity contribution in [3.8, 4) is 5.75 Å². The zero-order valence-corrected chi connectivity index (χ0v) is 17.7. The molecule has 152 valence electrons. The van der Waals surface area contributed by atoms with Gasteiger partial charge in [-0.25, -0.2) is 8.42 Å². The van der Waals surface area contributed by atoms with Crippen LogP contribution in [0, 0.1) is 6.92 Å². The Morgan fingerprint density at radius 1 is 1.14 bits per heavy atom. The summed E-state index contributed by atoms with van der Waals surface area (Å²) in [6.45, 7) is 2.39. The number of carbonyl (C=O) groups excluding carboxylic acids is 1. The minimum absolute atomic E-state index is 0.0907. The van der Waals surface area contributed by atoms with E-state index in [0.29, 0.717) is 17.5 Å². The van der Waals surface area contributed by atoms with Gasteiger partial charge in [-0.3, -0.25) is 4.79 Å². The van der Waals surface area contributed by atoms with Gasteiger partial charge in [0.2, 0.25) is 0 Å². The molecule has 0 unspecified atom stereocenters. The number of thioether (sulfide) groups is 1. The van der Waals surface area contributed by atoms with E-state index in [1.54, 1.807) is 12.1 Å². The van der Waals surface area contributed by atoms with E-state index in [1.165, 1.54) is 11.8 Å². The highest BCUT2D eigenvalue weighted by atomic mass is 32.2. The lowest BCUT2D eigenvalue weighted by Gasteiger charge is -2.24. The smallest absolute Gasteiger partial charge is 0.285 e. The number of nitrogens with zero attached hydrogens (tertiary/aromatic N) is 2. The predicted molar refractivity (Wildman–Crippen MR) is 115 cm³/mol. The Morgan fingerprint density at radius 3 is 2.59 bits per heavy atom. The van der Waals surface area contributed by atoms with E-state index in [2.05, 4.69) is 4.99 Å². The van der Waals surface area contributed by atoms with E-state index in [-0.39, 0.29) is 35.3 Å². The molecule has 2 saturated heterocycles. The molecule has 2 aliphatic heterocycles. The third-order valence-electron chi connectivity index (χ3n) is 4.97. The summed E-state index contributed by atoms with van der Waals surface area (Å²) in [7, 11) is -3.06. The summed E-state index contributed by atoms with van der Waals surface area (Å²) in [5, 5.41) is 0.490. The Balaban J connectivity index is 1.51. The fourth-order valence-corrected chi connectivity index (χ4v) is 7.48. The summed E-state index contributed by atoms with van der Waals surface area (Å²) in [5.41, 5.74) is 2.22. The van der Waals surface area contributed by atoms with Gasteiger partial charge in [0.05, 0.1) is 17.5 Å². The van der Waals surface area contributed by atoms with E-state index in [0.717, 1.165) is 11.1 Å². The first-order valence-electron chi connectivity index (χ1n) is 9.38. The maximum absolute atomic E-state index is 12.4. The summed E-state index contributed by atoms with van der Waals surface area (Å²) in [6, 6.07) is 17.0. The van der Waals surface area contributed by atoms with E-state index in [1.807, 2.05) is 54.3 Å². The van der Waals surface area contributed by atoms with Crippen LogP contribution < -0.4 is 4.74 Å². The van der Waals surface area contributed by atoms with Gasteiger partial charge in [-0.05, 0) is 24.6 Å². The third-order valence-corrected chi connectivity index (χ3v) is 8.22. The predicted octanol–water partition coefficient (Wildman–Crippen LogP) is 2.67. The SMILES string of the molecule is Cc1ccc(CN2C(=NC(=O)COc3ccccc3)S[C@@H]3CS(=O)(=O)C[C@@H]32)cc1. The molecule has 2 atom stereocenters. The summed E-state index contributed by atoms with van der Waals surface area (Å²) in [4.78, 5) is 18.6. The average Bonchev–Trinajstić information content (AvgIpc) is 3.15. The molecule has 0 spiro atoms. The molecule has 0 saturated carbocycles. The van der Waals surface area contributed by atoms with Crippen LogP contribution in [0.1, 0.15) is 11.1 Å². The van der Waals surface area contributed by atoms with Crippen LogP contribution in [0.15, 0.2) is 59.6 Å². The summed E-state index contributed by atoms with van der Waals surface area (Å²) in [6.07, 6.45) is 0. The molecule has 0 aromatic heterocycles. The molecule has 0 N–H and O–H groups in total. The number of carbonyl (C=O) groups is 1. The van der Waals surface area contributed by atoms with Gasteiger partial charge in [0.1, 0.15) is 5.75 Å². The molecule has 1 amide bonds. The Labute approximate surface area is 174 Å². The maximum Gasteiger partial charge on any atom is 0.285 e. The zero-order valence-electron chi connectivity index (χ0n) is 16.0. The van der Waals surface area contributed by atoms with Gasteiger partial charge >= 0.3 is 0 Å². The highest BCUT2D eigenvalue weighted by Gasteiger charge is 2.48. The normalized spacial score (nSPS) is 23.9. The second kappa shape index (κ2) is 8.20. The van der Waals surface area contributed by atoms with Gasteiger partial charge in [0, 0.05) is 11.8 Å². The minimum Gasteiger partial charge on any atom is -0.484 e. The van der Waals surface area contributed by atoms with Crippen molar-refractivity contribution in [2.24, 2.45) is 4.99 Å². The number of ether oxygens (including phenoxy) is 1. The molecule has 2 fully saturated rings. The van der Waals surface area contributed by atoms with Gasteiger partial charge in [0.15, 0.2) is 21.6 Å². The first kappa shape index (κ1) is 20.0. The number of hydrogen-bond acceptors (Lipinski definition) is 5. The topological polar surface area (TPSA) is 76.0 Å². The second-order valence-electron chi connectivity index (χ2n) is 7.30. The Morgan fingerprint density at radius 2 is 1.86 bits per heavy atom. The van der Waals surface area contributed by atoms with Crippen molar-refractivity contribution >= 4 is 32.7 Å². The summed E-state index contributed by atoms with van der Waals surface area (Å²) >= 11 is 1.38. The molecular formula is C21H22N2O4S2. The van der Waals surface area contributed by atoms with Crippen molar-refractivity contribution in [1.29, 1.82) is 0 Å². The largest absolute Gasteiger partial charge is 0.484 e. The van der Waals surface area contributed by atoms with Gasteiger partial charge in [-0.1, -0.05) is 59.8 Å². The van der Waals surface area contributed by atoms with Crippen LogP contribution in [0.25, 0.3) is 0 Å². The number of amides is 1. The van der Waals surface area contributed by atoms with Crippen LogP contribution in [0.4, 0.5) is 0 Å².